The van der Waals surface area contributed by atoms with Gasteiger partial charge in [-0.15, -0.1) is 23.7 Å². The summed E-state index contributed by atoms with van der Waals surface area (Å²) in [5.41, 5.74) is 7.46. The Morgan fingerprint density at radius 3 is 2.38 bits per heavy atom. The van der Waals surface area contributed by atoms with Gasteiger partial charge < -0.3 is 11.1 Å². The van der Waals surface area contributed by atoms with Gasteiger partial charge in [-0.2, -0.15) is 0 Å². The maximum absolute atomic E-state index is 12.0. The van der Waals surface area contributed by atoms with E-state index in [9.17, 15) is 4.79 Å². The summed E-state index contributed by atoms with van der Waals surface area (Å²) in [6, 6.07) is 7.07. The van der Waals surface area contributed by atoms with E-state index in [1.54, 1.807) is 17.5 Å². The summed E-state index contributed by atoms with van der Waals surface area (Å²) in [4.78, 5) is 16.3. The van der Waals surface area contributed by atoms with Gasteiger partial charge in [0.25, 0.3) is 0 Å². The Morgan fingerprint density at radius 2 is 1.90 bits per heavy atom. The number of nitrogens with one attached hydrogen (secondary N) is 1. The van der Waals surface area contributed by atoms with E-state index < -0.39 is 6.04 Å². The van der Waals surface area contributed by atoms with Crippen LogP contribution in [0.5, 0.6) is 0 Å². The maximum Gasteiger partial charge on any atom is 0.241 e. The average molecular weight is 326 g/mol. The van der Waals surface area contributed by atoms with E-state index in [0.29, 0.717) is 0 Å². The number of thiazole rings is 1. The normalized spacial score (nSPS) is 12.4. The number of carbonyl (C=O) groups is 1. The second-order valence-electron chi connectivity index (χ2n) is 5.75. The fraction of sp³-hybridized carbons (Fsp3) is 0.333. The van der Waals surface area contributed by atoms with Crippen molar-refractivity contribution in [1.29, 1.82) is 0 Å². The van der Waals surface area contributed by atoms with Gasteiger partial charge in [-0.05, 0) is 29.7 Å². The number of halogens is 1. The van der Waals surface area contributed by atoms with Crippen LogP contribution < -0.4 is 11.1 Å². The minimum atomic E-state index is -0.541. The molecule has 0 saturated heterocycles. The van der Waals surface area contributed by atoms with Crippen LogP contribution in [0.2, 0.25) is 0 Å². The van der Waals surface area contributed by atoms with Crippen molar-refractivity contribution in [3.05, 3.63) is 35.8 Å². The van der Waals surface area contributed by atoms with E-state index in [1.165, 1.54) is 0 Å². The Hall–Kier alpha value is -1.43. The van der Waals surface area contributed by atoms with Crippen molar-refractivity contribution in [2.45, 2.75) is 26.8 Å². The van der Waals surface area contributed by atoms with Gasteiger partial charge in [0.15, 0.2) is 0 Å². The predicted octanol–water partition coefficient (Wildman–Crippen LogP) is 3.54. The Balaban J connectivity index is 0.00000220. The van der Waals surface area contributed by atoms with Crippen molar-refractivity contribution in [2.24, 2.45) is 11.1 Å². The summed E-state index contributed by atoms with van der Waals surface area (Å²) in [5.74, 6) is -0.167. The highest BCUT2D eigenvalue weighted by atomic mass is 35.5. The lowest BCUT2D eigenvalue weighted by Crippen LogP contribution is -2.45. The van der Waals surface area contributed by atoms with Crippen molar-refractivity contribution in [3.63, 3.8) is 0 Å². The molecule has 0 radical (unpaired) electrons. The highest BCUT2D eigenvalue weighted by Crippen LogP contribution is 2.24. The van der Waals surface area contributed by atoms with Crippen LogP contribution in [0.1, 0.15) is 20.8 Å². The number of nitrogens with zero attached hydrogens (tertiary/aromatic N) is 1. The van der Waals surface area contributed by atoms with E-state index in [1.807, 2.05) is 50.4 Å². The van der Waals surface area contributed by atoms with Crippen LogP contribution in [0.3, 0.4) is 0 Å². The Bertz CT molecular complexity index is 576. The molecule has 0 spiro atoms. The van der Waals surface area contributed by atoms with E-state index >= 15 is 0 Å². The van der Waals surface area contributed by atoms with Crippen LogP contribution in [0, 0.1) is 5.41 Å². The van der Waals surface area contributed by atoms with Crippen molar-refractivity contribution >= 4 is 35.3 Å². The molecule has 0 aliphatic carbocycles. The summed E-state index contributed by atoms with van der Waals surface area (Å²) in [6.45, 7) is 5.84. The Morgan fingerprint density at radius 1 is 1.29 bits per heavy atom. The zero-order valence-electron chi connectivity index (χ0n) is 12.3. The van der Waals surface area contributed by atoms with E-state index in [2.05, 4.69) is 10.3 Å². The maximum atomic E-state index is 12.0. The van der Waals surface area contributed by atoms with Gasteiger partial charge >= 0.3 is 0 Å². The lowest BCUT2D eigenvalue weighted by molar-refractivity contribution is -0.119. The number of benzene rings is 1. The first-order valence-electron chi connectivity index (χ1n) is 6.44. The first-order valence-corrected chi connectivity index (χ1v) is 7.32. The molecular weight excluding hydrogens is 306 g/mol. The SMILES string of the molecule is CC(C)(C)[C@H](N)C(=O)Nc1ccc(-c2nccs2)cc1.Cl. The molecule has 2 aromatic rings. The lowest BCUT2D eigenvalue weighted by atomic mass is 9.87. The molecule has 0 fully saturated rings. The zero-order chi connectivity index (χ0) is 14.8. The van der Waals surface area contributed by atoms with Gasteiger partial charge in [0.05, 0.1) is 6.04 Å². The van der Waals surface area contributed by atoms with E-state index in [0.717, 1.165) is 16.3 Å². The fourth-order valence-electron chi connectivity index (χ4n) is 1.68. The molecule has 0 aliphatic rings. The molecule has 2 rings (SSSR count). The second-order valence-corrected chi connectivity index (χ2v) is 6.64. The topological polar surface area (TPSA) is 68.0 Å². The number of nitrogens with two attached hydrogens (primary N) is 1. The van der Waals surface area contributed by atoms with Crippen molar-refractivity contribution < 1.29 is 4.79 Å². The number of amides is 1. The summed E-state index contributed by atoms with van der Waals surface area (Å²) in [6.07, 6.45) is 1.78. The van der Waals surface area contributed by atoms with Crippen molar-refractivity contribution in [2.75, 3.05) is 5.32 Å². The van der Waals surface area contributed by atoms with Crippen LogP contribution in [0.25, 0.3) is 10.6 Å². The zero-order valence-corrected chi connectivity index (χ0v) is 13.9. The van der Waals surface area contributed by atoms with Crippen LogP contribution in [0.4, 0.5) is 5.69 Å². The van der Waals surface area contributed by atoms with Gasteiger partial charge in [-0.25, -0.2) is 4.98 Å². The minimum Gasteiger partial charge on any atom is -0.325 e. The monoisotopic (exact) mass is 325 g/mol. The van der Waals surface area contributed by atoms with Crippen LogP contribution in [-0.2, 0) is 4.79 Å². The molecule has 114 valence electrons. The molecule has 1 aromatic heterocycles. The molecule has 3 N–H and O–H groups in total. The highest BCUT2D eigenvalue weighted by Gasteiger charge is 2.27. The lowest BCUT2D eigenvalue weighted by Gasteiger charge is -2.25. The third-order valence-electron chi connectivity index (χ3n) is 3.05. The molecule has 4 nitrogen and oxygen atoms in total. The van der Waals surface area contributed by atoms with E-state index in [-0.39, 0.29) is 23.7 Å². The van der Waals surface area contributed by atoms with Crippen molar-refractivity contribution in [3.8, 4) is 10.6 Å². The van der Waals surface area contributed by atoms with Crippen LogP contribution >= 0.6 is 23.7 Å². The summed E-state index contributed by atoms with van der Waals surface area (Å²) in [7, 11) is 0. The first kappa shape index (κ1) is 17.6. The standard InChI is InChI=1S/C15H19N3OS.ClH/c1-15(2,3)12(16)13(19)18-11-6-4-10(5-7-11)14-17-8-9-20-14;/h4-9,12H,16H2,1-3H3,(H,18,19);1H/t12-;/m1./s1. The highest BCUT2D eigenvalue weighted by molar-refractivity contribution is 7.13. The Kier molecular flexibility index (Phi) is 5.89. The number of carbonyl (C=O) groups excluding carboxylic acids is 1. The smallest absolute Gasteiger partial charge is 0.241 e. The molecule has 0 unspecified atom stereocenters. The van der Waals surface area contributed by atoms with Gasteiger partial charge in [0.2, 0.25) is 5.91 Å². The van der Waals surface area contributed by atoms with Gasteiger partial charge in [-0.3, -0.25) is 4.79 Å². The third-order valence-corrected chi connectivity index (χ3v) is 3.87. The molecule has 1 atom stereocenters. The first-order chi connectivity index (χ1) is 9.38. The average Bonchev–Trinajstić information content (AvgIpc) is 2.91. The number of hydrogen-bond donors (Lipinski definition) is 2. The van der Waals surface area contributed by atoms with Gasteiger partial charge in [0, 0.05) is 22.8 Å². The molecule has 1 heterocycles. The van der Waals surface area contributed by atoms with E-state index in [4.69, 9.17) is 5.73 Å². The molecule has 0 saturated carbocycles. The minimum absolute atomic E-state index is 0. The largest absolute Gasteiger partial charge is 0.325 e. The molecule has 0 aliphatic heterocycles. The number of anilines is 1. The van der Waals surface area contributed by atoms with Crippen LogP contribution in [-0.4, -0.2) is 16.9 Å². The molecule has 0 bridgehead atoms. The predicted molar refractivity (Wildman–Crippen MR) is 90.9 cm³/mol. The second kappa shape index (κ2) is 7.02. The molecule has 21 heavy (non-hydrogen) atoms. The van der Waals surface area contributed by atoms with Gasteiger partial charge in [0.1, 0.15) is 5.01 Å². The summed E-state index contributed by atoms with van der Waals surface area (Å²) in [5, 5.41) is 5.74. The van der Waals surface area contributed by atoms with Gasteiger partial charge in [-0.1, -0.05) is 20.8 Å². The summed E-state index contributed by atoms with van der Waals surface area (Å²) < 4.78 is 0. The summed E-state index contributed by atoms with van der Waals surface area (Å²) >= 11 is 1.59. The van der Waals surface area contributed by atoms with Crippen LogP contribution in [0.15, 0.2) is 35.8 Å². The van der Waals surface area contributed by atoms with Crippen molar-refractivity contribution in [1.82, 2.24) is 4.98 Å². The Labute approximate surface area is 135 Å². The number of rotatable bonds is 3. The number of aromatic nitrogens is 1. The quantitative estimate of drug-likeness (QED) is 0.906. The number of hydrogen-bond acceptors (Lipinski definition) is 4. The fourth-order valence-corrected chi connectivity index (χ4v) is 2.32. The molecule has 1 aromatic carbocycles. The molecule has 1 amide bonds. The molecule has 6 heteroatoms. The molecular formula is C15H20ClN3OS. The third kappa shape index (κ3) is 4.52.